The van der Waals surface area contributed by atoms with E-state index in [1.807, 2.05) is 38.1 Å². The summed E-state index contributed by atoms with van der Waals surface area (Å²) >= 11 is 0. The topological polar surface area (TPSA) is 61.5 Å². The van der Waals surface area contributed by atoms with Gasteiger partial charge in [0.2, 0.25) is 0 Å². The minimum atomic E-state index is -0.436. The van der Waals surface area contributed by atoms with E-state index in [2.05, 4.69) is 0 Å². The normalized spacial score (nSPS) is 10.2. The molecule has 2 N–H and O–H groups in total. The van der Waals surface area contributed by atoms with Crippen LogP contribution < -0.4 is 10.5 Å². The van der Waals surface area contributed by atoms with E-state index < -0.39 is 5.97 Å². The molecule has 110 valence electrons. The third kappa shape index (κ3) is 3.54. The van der Waals surface area contributed by atoms with Crippen LogP contribution in [0.4, 0.5) is 5.69 Å². The molecule has 0 saturated carbocycles. The highest BCUT2D eigenvalue weighted by Crippen LogP contribution is 2.27. The zero-order valence-electron chi connectivity index (χ0n) is 12.3. The quantitative estimate of drug-likeness (QED) is 0.676. The first-order chi connectivity index (χ1) is 10.1. The van der Waals surface area contributed by atoms with Gasteiger partial charge in [0.15, 0.2) is 5.75 Å². The van der Waals surface area contributed by atoms with Crippen LogP contribution in [-0.2, 0) is 11.3 Å². The highest BCUT2D eigenvalue weighted by Gasteiger charge is 2.16. The van der Waals surface area contributed by atoms with Crippen LogP contribution in [0.25, 0.3) is 0 Å². The summed E-state index contributed by atoms with van der Waals surface area (Å²) in [6.45, 7) is 4.49. The molecule has 0 saturated heterocycles. The number of benzene rings is 2. The second-order valence-corrected chi connectivity index (χ2v) is 4.66. The van der Waals surface area contributed by atoms with E-state index in [0.29, 0.717) is 23.6 Å². The largest absolute Gasteiger partial charge is 0.491 e. The number of anilines is 1. The Morgan fingerprint density at radius 2 is 1.90 bits per heavy atom. The van der Waals surface area contributed by atoms with Crippen molar-refractivity contribution in [3.05, 3.63) is 59.2 Å². The number of carbonyl (C=O) groups excluding carboxylic acids is 1. The van der Waals surface area contributed by atoms with Gasteiger partial charge >= 0.3 is 5.97 Å². The second kappa shape index (κ2) is 6.79. The fraction of sp³-hybridized carbons (Fsp3) is 0.235. The average molecular weight is 285 g/mol. The van der Waals surface area contributed by atoms with E-state index in [9.17, 15) is 4.79 Å². The Morgan fingerprint density at radius 1 is 1.14 bits per heavy atom. The van der Waals surface area contributed by atoms with Gasteiger partial charge in [-0.2, -0.15) is 0 Å². The SMILES string of the molecule is CCOc1c(N)cccc1C(=O)OCc1ccccc1C. The van der Waals surface area contributed by atoms with E-state index in [-0.39, 0.29) is 6.61 Å². The molecular formula is C17H19NO3. The number of nitrogens with two attached hydrogens (primary N) is 1. The number of hydrogen-bond donors (Lipinski definition) is 1. The summed E-state index contributed by atoms with van der Waals surface area (Å²) in [6, 6.07) is 12.8. The molecule has 0 spiro atoms. The molecule has 0 heterocycles. The molecule has 2 aromatic rings. The smallest absolute Gasteiger partial charge is 0.342 e. The first-order valence-electron chi connectivity index (χ1n) is 6.86. The predicted molar refractivity (Wildman–Crippen MR) is 82.3 cm³/mol. The Morgan fingerprint density at radius 3 is 2.62 bits per heavy atom. The maximum Gasteiger partial charge on any atom is 0.342 e. The van der Waals surface area contributed by atoms with Crippen LogP contribution in [0.1, 0.15) is 28.4 Å². The molecule has 0 aliphatic rings. The van der Waals surface area contributed by atoms with Crippen molar-refractivity contribution < 1.29 is 14.3 Å². The van der Waals surface area contributed by atoms with Gasteiger partial charge in [0.05, 0.1) is 12.3 Å². The van der Waals surface area contributed by atoms with Crippen LogP contribution in [0.3, 0.4) is 0 Å². The summed E-state index contributed by atoms with van der Waals surface area (Å²) in [7, 11) is 0. The maximum atomic E-state index is 12.2. The number of hydrogen-bond acceptors (Lipinski definition) is 4. The molecular weight excluding hydrogens is 266 g/mol. The molecule has 0 aliphatic heterocycles. The fourth-order valence-electron chi connectivity index (χ4n) is 2.01. The van der Waals surface area contributed by atoms with Crippen LogP contribution in [0.2, 0.25) is 0 Å². The molecule has 0 atom stereocenters. The maximum absolute atomic E-state index is 12.2. The van der Waals surface area contributed by atoms with Crippen LogP contribution in [0, 0.1) is 6.92 Å². The van der Waals surface area contributed by atoms with Crippen molar-refractivity contribution >= 4 is 11.7 Å². The monoisotopic (exact) mass is 285 g/mol. The Labute approximate surface area is 124 Å². The van der Waals surface area contributed by atoms with Crippen molar-refractivity contribution in [2.75, 3.05) is 12.3 Å². The number of esters is 1. The van der Waals surface area contributed by atoms with Crippen LogP contribution in [-0.4, -0.2) is 12.6 Å². The molecule has 0 aromatic heterocycles. The fourth-order valence-corrected chi connectivity index (χ4v) is 2.01. The molecule has 0 amide bonds. The molecule has 0 fully saturated rings. The van der Waals surface area contributed by atoms with E-state index in [0.717, 1.165) is 11.1 Å². The number of carbonyl (C=O) groups is 1. The summed E-state index contributed by atoms with van der Waals surface area (Å²) in [6.07, 6.45) is 0. The zero-order chi connectivity index (χ0) is 15.2. The minimum absolute atomic E-state index is 0.228. The van der Waals surface area contributed by atoms with Gasteiger partial charge in [-0.3, -0.25) is 0 Å². The van der Waals surface area contributed by atoms with Crippen LogP contribution >= 0.6 is 0 Å². The number of rotatable bonds is 5. The number of nitrogen functional groups attached to an aromatic ring is 1. The summed E-state index contributed by atoms with van der Waals surface area (Å²) in [5.41, 5.74) is 8.69. The van der Waals surface area contributed by atoms with Crippen LogP contribution in [0.5, 0.6) is 5.75 Å². The second-order valence-electron chi connectivity index (χ2n) is 4.66. The van der Waals surface area contributed by atoms with E-state index in [1.54, 1.807) is 18.2 Å². The molecule has 4 heteroatoms. The predicted octanol–water partition coefficient (Wildman–Crippen LogP) is 3.33. The Balaban J connectivity index is 2.14. The van der Waals surface area contributed by atoms with Gasteiger partial charge in [0, 0.05) is 0 Å². The summed E-state index contributed by atoms with van der Waals surface area (Å²) in [5, 5.41) is 0. The van der Waals surface area contributed by atoms with E-state index >= 15 is 0 Å². The lowest BCUT2D eigenvalue weighted by Gasteiger charge is -2.12. The van der Waals surface area contributed by atoms with Crippen LogP contribution in [0.15, 0.2) is 42.5 Å². The van der Waals surface area contributed by atoms with Crippen molar-refractivity contribution in [2.24, 2.45) is 0 Å². The summed E-state index contributed by atoms with van der Waals surface area (Å²) in [5.74, 6) is -0.0520. The first kappa shape index (κ1) is 14.9. The Kier molecular flexibility index (Phi) is 4.82. The molecule has 4 nitrogen and oxygen atoms in total. The molecule has 2 aromatic carbocycles. The number of aryl methyl sites for hydroxylation is 1. The first-order valence-corrected chi connectivity index (χ1v) is 6.86. The highest BCUT2D eigenvalue weighted by molar-refractivity contribution is 5.94. The van der Waals surface area contributed by atoms with Gasteiger partial charge in [-0.1, -0.05) is 30.3 Å². The van der Waals surface area contributed by atoms with Gasteiger partial charge < -0.3 is 15.2 Å². The van der Waals surface area contributed by atoms with Gasteiger partial charge in [0.1, 0.15) is 12.2 Å². The van der Waals surface area contributed by atoms with Gasteiger partial charge in [-0.05, 0) is 37.1 Å². The van der Waals surface area contributed by atoms with Crippen molar-refractivity contribution in [3.8, 4) is 5.75 Å². The number of para-hydroxylation sites is 1. The molecule has 0 radical (unpaired) electrons. The lowest BCUT2D eigenvalue weighted by molar-refractivity contribution is 0.0468. The number of ether oxygens (including phenoxy) is 2. The highest BCUT2D eigenvalue weighted by atomic mass is 16.5. The lowest BCUT2D eigenvalue weighted by Crippen LogP contribution is -2.10. The van der Waals surface area contributed by atoms with Crippen molar-refractivity contribution in [3.63, 3.8) is 0 Å². The summed E-state index contributed by atoms with van der Waals surface area (Å²) in [4.78, 5) is 12.2. The standard InChI is InChI=1S/C17H19NO3/c1-3-20-16-14(9-6-10-15(16)18)17(19)21-11-13-8-5-4-7-12(13)2/h4-10H,3,11,18H2,1-2H3. The van der Waals surface area contributed by atoms with Crippen molar-refractivity contribution in [1.29, 1.82) is 0 Å². The molecule has 21 heavy (non-hydrogen) atoms. The minimum Gasteiger partial charge on any atom is -0.491 e. The molecule has 2 rings (SSSR count). The Bertz CT molecular complexity index is 638. The zero-order valence-corrected chi connectivity index (χ0v) is 12.3. The van der Waals surface area contributed by atoms with E-state index in [4.69, 9.17) is 15.2 Å². The van der Waals surface area contributed by atoms with Crippen molar-refractivity contribution in [2.45, 2.75) is 20.5 Å². The van der Waals surface area contributed by atoms with Crippen molar-refractivity contribution in [1.82, 2.24) is 0 Å². The van der Waals surface area contributed by atoms with E-state index in [1.165, 1.54) is 0 Å². The third-order valence-corrected chi connectivity index (χ3v) is 3.17. The third-order valence-electron chi connectivity index (χ3n) is 3.17. The molecule has 0 aliphatic carbocycles. The Hall–Kier alpha value is -2.49. The molecule has 0 unspecified atom stereocenters. The van der Waals surface area contributed by atoms with Gasteiger partial charge in [0.25, 0.3) is 0 Å². The average Bonchev–Trinajstić information content (AvgIpc) is 2.48. The lowest BCUT2D eigenvalue weighted by atomic mass is 10.1. The summed E-state index contributed by atoms with van der Waals surface area (Å²) < 4.78 is 10.8. The van der Waals surface area contributed by atoms with Gasteiger partial charge in [-0.15, -0.1) is 0 Å². The van der Waals surface area contributed by atoms with Gasteiger partial charge in [-0.25, -0.2) is 4.79 Å². The molecule has 0 bridgehead atoms.